The lowest BCUT2D eigenvalue weighted by Crippen LogP contribution is -2.75. The molecule has 3 fully saturated rings. The van der Waals surface area contributed by atoms with E-state index in [1.165, 1.54) is 11.8 Å². The van der Waals surface area contributed by atoms with Crippen LogP contribution in [-0.2, 0) is 4.79 Å². The lowest BCUT2D eigenvalue weighted by molar-refractivity contribution is -0.164. The molecule has 3 atom stereocenters. The average Bonchev–Trinajstić information content (AvgIpc) is 3.48. The number of amides is 1. The van der Waals surface area contributed by atoms with E-state index in [0.29, 0.717) is 23.7 Å². The fraction of sp³-hybridized carbons (Fsp3) is 0.619. The molecule has 1 aromatic rings. The van der Waals surface area contributed by atoms with Crippen LogP contribution in [0.15, 0.2) is 17.0 Å². The van der Waals surface area contributed by atoms with E-state index < -0.39 is 18.6 Å². The number of benzene rings is 1. The summed E-state index contributed by atoms with van der Waals surface area (Å²) in [6.07, 6.45) is 0.837. The maximum absolute atomic E-state index is 12.3. The summed E-state index contributed by atoms with van der Waals surface area (Å²) in [4.78, 5) is 28.9. The minimum atomic E-state index is -1.22. The smallest absolute Gasteiger partial charge is 0.526 e. The molecule has 5 N–H and O–H groups in total. The first-order valence-corrected chi connectivity index (χ1v) is 11.9. The molecule has 3 heterocycles. The summed E-state index contributed by atoms with van der Waals surface area (Å²) >= 11 is 1.49. The molecule has 1 saturated carbocycles. The first kappa shape index (κ1) is 22.0. The Morgan fingerprint density at radius 2 is 2.06 bits per heavy atom. The summed E-state index contributed by atoms with van der Waals surface area (Å²) in [5.74, 6) is 0.0990. The van der Waals surface area contributed by atoms with Crippen molar-refractivity contribution >= 4 is 30.8 Å². The van der Waals surface area contributed by atoms with Gasteiger partial charge < -0.3 is 35.4 Å². The number of carbonyl (C=O) groups excluding carboxylic acids is 1. The number of carboxylic acids is 1. The number of carbonyl (C=O) groups is 2. The molecule has 0 aromatic heterocycles. The average molecular weight is 461 g/mol. The number of nitrogens with two attached hydrogens (primary N) is 1. The van der Waals surface area contributed by atoms with Gasteiger partial charge in [0.05, 0.1) is 6.61 Å². The fourth-order valence-corrected chi connectivity index (χ4v) is 6.36. The van der Waals surface area contributed by atoms with Crippen LogP contribution < -0.4 is 10.4 Å². The second-order valence-electron chi connectivity index (χ2n) is 9.97. The molecule has 5 rings (SSSR count). The standard InChI is InChI=1S/C21H28BN3O6S/c1-20(23,11-26)19(29)25-9-21(10-25)7-24(8-21)4-5-32-15-3-2-12-13-6-14(13)22(30)31-17(12)16(15)18(27)28/h2-3,13-14,26,30H,4-11,23H2,1H3,(H,27,28)/t13?,14?,20-/m1/s1. The van der Waals surface area contributed by atoms with Gasteiger partial charge in [0, 0.05) is 54.6 Å². The summed E-state index contributed by atoms with van der Waals surface area (Å²) in [7, 11) is -0.924. The van der Waals surface area contributed by atoms with Gasteiger partial charge in [-0.25, -0.2) is 4.79 Å². The van der Waals surface area contributed by atoms with Crippen molar-refractivity contribution in [2.24, 2.45) is 11.1 Å². The first-order chi connectivity index (χ1) is 15.1. The van der Waals surface area contributed by atoms with Gasteiger partial charge in [-0.2, -0.15) is 0 Å². The Labute approximate surface area is 191 Å². The van der Waals surface area contributed by atoms with Crippen molar-refractivity contribution in [2.45, 2.75) is 35.5 Å². The quantitative estimate of drug-likeness (QED) is 0.328. The number of aromatic carboxylic acids is 1. The molecule has 2 saturated heterocycles. The maximum atomic E-state index is 12.3. The van der Waals surface area contributed by atoms with Crippen molar-refractivity contribution in [1.82, 2.24) is 9.80 Å². The minimum Gasteiger partial charge on any atom is -0.535 e. The highest BCUT2D eigenvalue weighted by Crippen LogP contribution is 2.60. The third-order valence-electron chi connectivity index (χ3n) is 7.15. The highest BCUT2D eigenvalue weighted by atomic mass is 32.2. The highest BCUT2D eigenvalue weighted by molar-refractivity contribution is 7.99. The second kappa shape index (κ2) is 7.63. The molecular formula is C21H28BN3O6S. The molecule has 11 heteroatoms. The maximum Gasteiger partial charge on any atom is 0.526 e. The molecular weight excluding hydrogens is 433 g/mol. The Morgan fingerprint density at radius 3 is 2.72 bits per heavy atom. The number of aliphatic hydroxyl groups is 1. The third-order valence-corrected chi connectivity index (χ3v) is 8.19. The number of rotatable bonds is 7. The minimum absolute atomic E-state index is 0.0846. The number of carboxylic acid groups (broad SMARTS) is 1. The van der Waals surface area contributed by atoms with Gasteiger partial charge in [-0.15, -0.1) is 11.8 Å². The SMILES string of the molecule is C[C@@](N)(CO)C(=O)N1CC2(CN(CCSc3ccc4c(c3C(=O)O)OB(O)C3CC43)C2)C1. The van der Waals surface area contributed by atoms with Gasteiger partial charge in [0.25, 0.3) is 0 Å². The van der Waals surface area contributed by atoms with E-state index in [-0.39, 0.29) is 35.2 Å². The Balaban J connectivity index is 1.13. The fourth-order valence-electron chi connectivity index (χ4n) is 5.30. The molecule has 9 nitrogen and oxygen atoms in total. The monoisotopic (exact) mass is 461 g/mol. The molecule has 172 valence electrons. The molecule has 0 bridgehead atoms. The van der Waals surface area contributed by atoms with Crippen LogP contribution in [-0.4, -0.2) is 94.7 Å². The molecule has 0 radical (unpaired) electrons. The van der Waals surface area contributed by atoms with E-state index in [0.717, 1.165) is 37.4 Å². The molecule has 1 amide bonds. The Kier molecular flexibility index (Phi) is 5.25. The lowest BCUT2D eigenvalue weighted by Gasteiger charge is -2.61. The predicted octanol–water partition coefficient (Wildman–Crippen LogP) is 0.0612. The molecule has 1 spiro atoms. The van der Waals surface area contributed by atoms with Crippen LogP contribution in [0, 0.1) is 5.41 Å². The van der Waals surface area contributed by atoms with Gasteiger partial charge in [-0.1, -0.05) is 6.07 Å². The molecule has 4 aliphatic rings. The number of nitrogens with zero attached hydrogens (tertiary/aromatic N) is 2. The van der Waals surface area contributed by atoms with Crippen molar-refractivity contribution in [3.63, 3.8) is 0 Å². The van der Waals surface area contributed by atoms with Crippen molar-refractivity contribution < 1.29 is 29.5 Å². The molecule has 1 aliphatic carbocycles. The number of thioether (sulfide) groups is 1. The Hall–Kier alpha value is -1.79. The number of hydrogen-bond acceptors (Lipinski definition) is 8. The van der Waals surface area contributed by atoms with Gasteiger partial charge >= 0.3 is 13.1 Å². The van der Waals surface area contributed by atoms with Crippen LogP contribution in [0.1, 0.15) is 35.2 Å². The molecule has 2 unspecified atom stereocenters. The zero-order valence-corrected chi connectivity index (χ0v) is 18.8. The summed E-state index contributed by atoms with van der Waals surface area (Å²) < 4.78 is 5.58. The Morgan fingerprint density at radius 1 is 1.34 bits per heavy atom. The molecule has 32 heavy (non-hydrogen) atoms. The summed E-state index contributed by atoms with van der Waals surface area (Å²) in [6.45, 7) is 5.11. The predicted molar refractivity (Wildman–Crippen MR) is 119 cm³/mol. The summed E-state index contributed by atoms with van der Waals surface area (Å²) in [6, 6.07) is 3.80. The topological polar surface area (TPSA) is 137 Å². The highest BCUT2D eigenvalue weighted by Gasteiger charge is 2.55. The zero-order chi connectivity index (χ0) is 22.8. The lowest BCUT2D eigenvalue weighted by atomic mass is 9.72. The number of aliphatic hydroxyl groups excluding tert-OH is 1. The van der Waals surface area contributed by atoms with Crippen LogP contribution in [0.3, 0.4) is 0 Å². The molecule has 1 aromatic carbocycles. The van der Waals surface area contributed by atoms with Crippen molar-refractivity contribution in [2.75, 3.05) is 45.1 Å². The van der Waals surface area contributed by atoms with Gasteiger partial charge in [-0.05, 0) is 30.9 Å². The van der Waals surface area contributed by atoms with Crippen molar-refractivity contribution in [3.05, 3.63) is 23.3 Å². The van der Waals surface area contributed by atoms with Crippen LogP contribution in [0.2, 0.25) is 5.82 Å². The van der Waals surface area contributed by atoms with E-state index in [2.05, 4.69) is 4.90 Å². The molecule has 3 aliphatic heterocycles. The van der Waals surface area contributed by atoms with E-state index >= 15 is 0 Å². The first-order valence-electron chi connectivity index (χ1n) is 10.9. The van der Waals surface area contributed by atoms with Crippen LogP contribution >= 0.6 is 11.8 Å². The number of hydrogen-bond donors (Lipinski definition) is 4. The van der Waals surface area contributed by atoms with Crippen molar-refractivity contribution in [1.29, 1.82) is 0 Å². The van der Waals surface area contributed by atoms with Crippen LogP contribution in [0.25, 0.3) is 0 Å². The second-order valence-corrected chi connectivity index (χ2v) is 11.1. The zero-order valence-electron chi connectivity index (χ0n) is 18.0. The summed E-state index contributed by atoms with van der Waals surface area (Å²) in [5.41, 5.74) is 5.78. The van der Waals surface area contributed by atoms with Gasteiger partial charge in [-0.3, -0.25) is 4.79 Å². The van der Waals surface area contributed by atoms with Crippen LogP contribution in [0.5, 0.6) is 5.75 Å². The van der Waals surface area contributed by atoms with Gasteiger partial charge in [0.2, 0.25) is 5.91 Å². The van der Waals surface area contributed by atoms with E-state index in [1.54, 1.807) is 11.8 Å². The van der Waals surface area contributed by atoms with E-state index in [4.69, 9.17) is 10.4 Å². The third kappa shape index (κ3) is 3.60. The van der Waals surface area contributed by atoms with Gasteiger partial charge in [0.15, 0.2) is 0 Å². The van der Waals surface area contributed by atoms with E-state index in [1.807, 2.05) is 12.1 Å². The summed E-state index contributed by atoms with van der Waals surface area (Å²) in [5, 5.41) is 29.1. The van der Waals surface area contributed by atoms with Crippen molar-refractivity contribution in [3.8, 4) is 5.75 Å². The Bertz CT molecular complexity index is 961. The number of fused-ring (bicyclic) bond motifs is 3. The normalized spacial score (nSPS) is 26.9. The van der Waals surface area contributed by atoms with Gasteiger partial charge in [0.1, 0.15) is 16.9 Å². The van der Waals surface area contributed by atoms with Crippen LogP contribution in [0.4, 0.5) is 0 Å². The number of likely N-dealkylation sites (tertiary alicyclic amines) is 2. The van der Waals surface area contributed by atoms with E-state index in [9.17, 15) is 24.8 Å². The largest absolute Gasteiger partial charge is 0.535 e.